The third-order valence-electron chi connectivity index (χ3n) is 6.54. The summed E-state index contributed by atoms with van der Waals surface area (Å²) in [6.45, 7) is 14.7. The first-order valence-corrected chi connectivity index (χ1v) is 9.70. The summed E-state index contributed by atoms with van der Waals surface area (Å²) in [5.74, 6) is 2.23. The maximum absolute atomic E-state index is 6.02. The van der Waals surface area contributed by atoms with Gasteiger partial charge < -0.3 is 15.4 Å². The number of nitrogens with one attached hydrogen (secondary N) is 2. The van der Waals surface area contributed by atoms with E-state index >= 15 is 0 Å². The molecule has 3 aliphatic rings. The largest absolute Gasteiger partial charge is 0.377 e. The summed E-state index contributed by atoms with van der Waals surface area (Å²) >= 11 is 0. The molecule has 3 rings (SSSR count). The van der Waals surface area contributed by atoms with Gasteiger partial charge in [-0.1, -0.05) is 20.8 Å². The third kappa shape index (κ3) is 4.10. The number of hydrogen-bond acceptors (Lipinski definition) is 3. The molecular weight excluding hydrogens is 427 g/mol. The number of hydrogen-bond donors (Lipinski definition) is 2. The van der Waals surface area contributed by atoms with E-state index in [2.05, 4.69) is 55.1 Å². The minimum atomic E-state index is 0. The van der Waals surface area contributed by atoms with Crippen molar-refractivity contribution >= 4 is 29.9 Å². The molecule has 6 heteroatoms. The highest BCUT2D eigenvalue weighted by Crippen LogP contribution is 2.51. The van der Waals surface area contributed by atoms with Crippen LogP contribution in [-0.4, -0.2) is 61.8 Å². The van der Waals surface area contributed by atoms with Crippen LogP contribution >= 0.6 is 24.0 Å². The average molecular weight is 464 g/mol. The topological polar surface area (TPSA) is 48.9 Å². The van der Waals surface area contributed by atoms with E-state index in [1.165, 1.54) is 19.4 Å². The molecule has 146 valence electrons. The fourth-order valence-electron chi connectivity index (χ4n) is 4.92. The zero-order valence-corrected chi connectivity index (χ0v) is 19.0. The van der Waals surface area contributed by atoms with Crippen molar-refractivity contribution in [3.8, 4) is 0 Å². The van der Waals surface area contributed by atoms with Gasteiger partial charge in [0.25, 0.3) is 0 Å². The van der Waals surface area contributed by atoms with Gasteiger partial charge in [-0.3, -0.25) is 9.89 Å². The van der Waals surface area contributed by atoms with Gasteiger partial charge in [0.2, 0.25) is 0 Å². The highest BCUT2D eigenvalue weighted by atomic mass is 127. The van der Waals surface area contributed by atoms with Gasteiger partial charge in [0.05, 0.1) is 6.10 Å². The molecule has 1 aliphatic carbocycles. The van der Waals surface area contributed by atoms with Gasteiger partial charge in [-0.05, 0) is 32.6 Å². The molecule has 2 heterocycles. The Labute approximate surface area is 170 Å². The number of fused-ring (bicyclic) bond motifs is 1. The molecule has 0 amide bonds. The van der Waals surface area contributed by atoms with Crippen LogP contribution in [0.5, 0.6) is 0 Å². The number of nitrogens with zero attached hydrogens (tertiary/aromatic N) is 2. The molecule has 0 bridgehead atoms. The van der Waals surface area contributed by atoms with E-state index in [0.29, 0.717) is 36.1 Å². The minimum absolute atomic E-state index is 0. The van der Waals surface area contributed by atoms with Crippen LogP contribution in [0.2, 0.25) is 0 Å². The van der Waals surface area contributed by atoms with E-state index in [9.17, 15) is 0 Å². The van der Waals surface area contributed by atoms with Gasteiger partial charge in [0.1, 0.15) is 0 Å². The normalized spacial score (nSPS) is 37.9. The predicted octanol–water partition coefficient (Wildman–Crippen LogP) is 2.70. The molecule has 2 saturated heterocycles. The lowest BCUT2D eigenvalue weighted by Gasteiger charge is -2.60. The fourth-order valence-corrected chi connectivity index (χ4v) is 4.92. The summed E-state index contributed by atoms with van der Waals surface area (Å²) in [7, 11) is 1.88. The maximum Gasteiger partial charge on any atom is 0.191 e. The van der Waals surface area contributed by atoms with E-state index < -0.39 is 0 Å². The Bertz CT molecular complexity index is 482. The van der Waals surface area contributed by atoms with Crippen molar-refractivity contribution in [1.82, 2.24) is 15.5 Å². The van der Waals surface area contributed by atoms with Crippen LogP contribution in [0.15, 0.2) is 4.99 Å². The second-order valence-electron chi connectivity index (χ2n) is 8.89. The Balaban J connectivity index is 0.00000225. The molecule has 0 spiro atoms. The van der Waals surface area contributed by atoms with Crippen molar-refractivity contribution in [1.29, 1.82) is 0 Å². The van der Waals surface area contributed by atoms with Crippen LogP contribution in [0.25, 0.3) is 0 Å². The third-order valence-corrected chi connectivity index (χ3v) is 6.54. The number of rotatable bonds is 3. The predicted molar refractivity (Wildman–Crippen MR) is 115 cm³/mol. The van der Waals surface area contributed by atoms with Gasteiger partial charge in [-0.2, -0.15) is 0 Å². The molecule has 0 aromatic carbocycles. The Kier molecular flexibility index (Phi) is 7.04. The van der Waals surface area contributed by atoms with E-state index in [-0.39, 0.29) is 29.4 Å². The van der Waals surface area contributed by atoms with Crippen LogP contribution in [0, 0.1) is 17.3 Å². The van der Waals surface area contributed by atoms with E-state index in [4.69, 9.17) is 4.74 Å². The molecule has 5 atom stereocenters. The summed E-state index contributed by atoms with van der Waals surface area (Å²) in [4.78, 5) is 7.07. The fraction of sp³-hybridized carbons (Fsp3) is 0.947. The lowest BCUT2D eigenvalue weighted by molar-refractivity contribution is -0.188. The number of guanidine groups is 1. The van der Waals surface area contributed by atoms with Crippen molar-refractivity contribution in [2.75, 3.05) is 26.7 Å². The lowest BCUT2D eigenvalue weighted by atomic mass is 9.55. The SMILES string of the molecule is CN=C(NC1CN(C(C)C)CC1C)NC1C2CCCOC2C1(C)C.I. The number of aliphatic imine (C=N–C) groups is 1. The molecule has 0 aromatic heterocycles. The molecule has 0 aromatic rings. The number of halogens is 1. The van der Waals surface area contributed by atoms with Crippen molar-refractivity contribution in [3.63, 3.8) is 0 Å². The Hall–Kier alpha value is -0.0800. The quantitative estimate of drug-likeness (QED) is 0.383. The Morgan fingerprint density at radius 3 is 2.56 bits per heavy atom. The van der Waals surface area contributed by atoms with Crippen LogP contribution < -0.4 is 10.6 Å². The van der Waals surface area contributed by atoms with Gasteiger partial charge in [0.15, 0.2) is 5.96 Å². The second kappa shape index (κ2) is 8.30. The summed E-state index contributed by atoms with van der Waals surface area (Å²) < 4.78 is 6.02. The summed E-state index contributed by atoms with van der Waals surface area (Å²) in [5.41, 5.74) is 0.175. The van der Waals surface area contributed by atoms with E-state index in [1.54, 1.807) is 0 Å². The highest BCUT2D eigenvalue weighted by molar-refractivity contribution is 14.0. The van der Waals surface area contributed by atoms with Gasteiger partial charge >= 0.3 is 0 Å². The molecule has 25 heavy (non-hydrogen) atoms. The number of likely N-dealkylation sites (tertiary alicyclic amines) is 1. The standard InChI is InChI=1S/C19H36N4O.HI/c1-12(2)23-10-13(3)15(11-23)21-18(20-6)22-16-14-8-7-9-24-17(14)19(16,4)5;/h12-17H,7-11H2,1-6H3,(H2,20,21,22);1H. The van der Waals surface area contributed by atoms with Crippen LogP contribution in [-0.2, 0) is 4.74 Å². The maximum atomic E-state index is 6.02. The lowest BCUT2D eigenvalue weighted by Crippen LogP contribution is -2.71. The molecule has 5 unspecified atom stereocenters. The van der Waals surface area contributed by atoms with Crippen LogP contribution in [0.4, 0.5) is 0 Å². The smallest absolute Gasteiger partial charge is 0.191 e. The summed E-state index contributed by atoms with van der Waals surface area (Å²) in [6.07, 6.45) is 2.86. The van der Waals surface area contributed by atoms with Crippen molar-refractivity contribution < 1.29 is 4.74 Å². The van der Waals surface area contributed by atoms with Crippen molar-refractivity contribution in [3.05, 3.63) is 0 Å². The molecule has 3 fully saturated rings. The molecule has 5 nitrogen and oxygen atoms in total. The Morgan fingerprint density at radius 1 is 1.24 bits per heavy atom. The van der Waals surface area contributed by atoms with Crippen molar-refractivity contribution in [2.45, 2.75) is 71.7 Å². The molecular formula is C19H37IN4O. The van der Waals surface area contributed by atoms with Crippen molar-refractivity contribution in [2.24, 2.45) is 22.2 Å². The molecule has 2 aliphatic heterocycles. The molecule has 0 radical (unpaired) electrons. The summed E-state index contributed by atoms with van der Waals surface area (Å²) in [6, 6.07) is 1.53. The van der Waals surface area contributed by atoms with E-state index in [0.717, 1.165) is 19.1 Å². The number of ether oxygens (including phenoxy) is 1. The van der Waals surface area contributed by atoms with Gasteiger partial charge in [-0.25, -0.2) is 0 Å². The molecule has 1 saturated carbocycles. The summed E-state index contributed by atoms with van der Waals surface area (Å²) in [5, 5.41) is 7.41. The highest BCUT2D eigenvalue weighted by Gasteiger charge is 2.58. The Morgan fingerprint density at radius 2 is 1.96 bits per heavy atom. The zero-order valence-electron chi connectivity index (χ0n) is 16.7. The van der Waals surface area contributed by atoms with Crippen LogP contribution in [0.3, 0.4) is 0 Å². The van der Waals surface area contributed by atoms with Crippen LogP contribution in [0.1, 0.15) is 47.5 Å². The monoisotopic (exact) mass is 464 g/mol. The van der Waals surface area contributed by atoms with E-state index in [1.807, 2.05) is 7.05 Å². The first-order valence-electron chi connectivity index (χ1n) is 9.70. The van der Waals surface area contributed by atoms with Gasteiger partial charge in [0, 0.05) is 56.2 Å². The van der Waals surface area contributed by atoms with Gasteiger partial charge in [-0.15, -0.1) is 24.0 Å². The average Bonchev–Trinajstić information content (AvgIpc) is 2.92. The zero-order chi connectivity index (χ0) is 17.5. The molecule has 2 N–H and O–H groups in total. The second-order valence-corrected chi connectivity index (χ2v) is 8.89. The first-order chi connectivity index (χ1) is 11.3. The minimum Gasteiger partial charge on any atom is -0.377 e. The first kappa shape index (κ1) is 21.2.